The van der Waals surface area contributed by atoms with Gasteiger partial charge in [-0.05, 0) is 38.8 Å². The van der Waals surface area contributed by atoms with Crippen LogP contribution in [0.15, 0.2) is 36.9 Å². The van der Waals surface area contributed by atoms with Crippen molar-refractivity contribution in [1.82, 2.24) is 34.4 Å². The fourth-order valence-electron chi connectivity index (χ4n) is 5.27. The number of nitrogens with zero attached hydrogens (tertiary/aromatic N) is 7. The number of halogens is 3. The molecule has 4 aromatic rings. The van der Waals surface area contributed by atoms with Gasteiger partial charge in [0.15, 0.2) is 22.9 Å². The summed E-state index contributed by atoms with van der Waals surface area (Å²) in [5.74, 6) is -0.720. The molecule has 5 rings (SSSR count). The van der Waals surface area contributed by atoms with Gasteiger partial charge in [-0.3, -0.25) is 23.5 Å². The van der Waals surface area contributed by atoms with E-state index < -0.39 is 23.8 Å². The number of nitrogens with one attached hydrogen (secondary N) is 2. The lowest BCUT2D eigenvalue weighted by Gasteiger charge is -2.32. The van der Waals surface area contributed by atoms with Gasteiger partial charge in [0.2, 0.25) is 5.91 Å². The molecule has 1 atom stereocenters. The van der Waals surface area contributed by atoms with Crippen molar-refractivity contribution >= 4 is 35.4 Å². The van der Waals surface area contributed by atoms with Crippen LogP contribution in [0.25, 0.3) is 16.9 Å². The second-order valence-electron chi connectivity index (χ2n) is 10.7. The van der Waals surface area contributed by atoms with Crippen molar-refractivity contribution in [2.45, 2.75) is 51.5 Å². The zero-order valence-corrected chi connectivity index (χ0v) is 24.7. The fraction of sp³-hybridized carbons (Fsp3) is 0.345. The van der Waals surface area contributed by atoms with Crippen LogP contribution in [0.1, 0.15) is 41.4 Å². The first-order valence-electron chi connectivity index (χ1n) is 14.1. The smallest absolute Gasteiger partial charge is 0.426 e. The molecule has 0 spiro atoms. The maximum atomic E-state index is 13.8. The van der Waals surface area contributed by atoms with Gasteiger partial charge in [0.25, 0.3) is 12.4 Å². The predicted octanol–water partition coefficient (Wildman–Crippen LogP) is 2.79. The van der Waals surface area contributed by atoms with Crippen LogP contribution in [-0.4, -0.2) is 72.5 Å². The van der Waals surface area contributed by atoms with Gasteiger partial charge >= 0.3 is 6.18 Å². The van der Waals surface area contributed by atoms with Crippen LogP contribution in [0.5, 0.6) is 5.75 Å². The summed E-state index contributed by atoms with van der Waals surface area (Å²) in [7, 11) is 0. The molecule has 0 unspecified atom stereocenters. The number of amides is 2. The van der Waals surface area contributed by atoms with E-state index in [1.54, 1.807) is 24.8 Å². The number of piperidine rings is 1. The topological polar surface area (TPSA) is 186 Å². The van der Waals surface area contributed by atoms with Crippen LogP contribution in [0.4, 0.5) is 24.7 Å². The van der Waals surface area contributed by atoms with Crippen LogP contribution < -0.4 is 21.1 Å². The number of nitriles is 1. The van der Waals surface area contributed by atoms with E-state index in [4.69, 9.17) is 15.7 Å². The van der Waals surface area contributed by atoms with Crippen molar-refractivity contribution in [2.24, 2.45) is 5.73 Å². The molecule has 0 saturated carbocycles. The van der Waals surface area contributed by atoms with E-state index in [2.05, 4.69) is 25.7 Å². The highest BCUT2D eigenvalue weighted by atomic mass is 19.4. The monoisotopic (exact) mass is 638 g/mol. The highest BCUT2D eigenvalue weighted by Gasteiger charge is 2.38. The highest BCUT2D eigenvalue weighted by Crippen LogP contribution is 2.38. The second kappa shape index (κ2) is 12.9. The Kier molecular flexibility index (Phi) is 8.91. The Bertz CT molecular complexity index is 1840. The average Bonchev–Trinajstić information content (AvgIpc) is 3.64. The van der Waals surface area contributed by atoms with E-state index in [0.717, 1.165) is 10.9 Å². The lowest BCUT2D eigenvalue weighted by molar-refractivity contribution is -0.141. The molecule has 1 aromatic carbocycles. The van der Waals surface area contributed by atoms with E-state index in [9.17, 15) is 27.6 Å². The number of anilines is 2. The Balaban J connectivity index is 1.42. The maximum absolute atomic E-state index is 13.8. The molecule has 240 valence electrons. The molecule has 0 radical (unpaired) electrons. The number of fused-ring (bicyclic) bond motifs is 1. The van der Waals surface area contributed by atoms with Gasteiger partial charge in [-0.15, -0.1) is 0 Å². The van der Waals surface area contributed by atoms with Crippen molar-refractivity contribution in [3.8, 4) is 23.1 Å². The van der Waals surface area contributed by atoms with E-state index in [1.165, 1.54) is 35.1 Å². The fourth-order valence-corrected chi connectivity index (χ4v) is 5.27. The van der Waals surface area contributed by atoms with E-state index in [1.807, 2.05) is 0 Å². The summed E-state index contributed by atoms with van der Waals surface area (Å²) in [4.78, 5) is 47.7. The highest BCUT2D eigenvalue weighted by molar-refractivity contribution is 6.00. The summed E-state index contributed by atoms with van der Waals surface area (Å²) in [6.07, 6.45) is 1.63. The molecular formula is C29H29F3N10O4. The summed E-state index contributed by atoms with van der Waals surface area (Å²) in [5.41, 5.74) is 5.24. The van der Waals surface area contributed by atoms with Crippen molar-refractivity contribution in [2.75, 3.05) is 18.4 Å². The third kappa shape index (κ3) is 6.33. The average molecular weight is 639 g/mol. The molecule has 1 saturated heterocycles. The molecule has 0 aliphatic carbocycles. The first-order chi connectivity index (χ1) is 21.9. The number of hydrogen-bond donors (Lipinski definition) is 3. The van der Waals surface area contributed by atoms with Crippen molar-refractivity contribution < 1.29 is 32.3 Å². The van der Waals surface area contributed by atoms with Gasteiger partial charge in [-0.1, -0.05) is 0 Å². The Morgan fingerprint density at radius 3 is 2.67 bits per heavy atom. The number of ether oxygens (including phenoxy) is 1. The standard InChI is InChI=1S/C29H29F3N10O4/c1-16-19(27(44)37-17(2)28(45)40-9-5-18(34)6-10-40)3-4-21(23(16)46-15-43)38-25-26-36-13-22(42(26)12-8-35-25)20-14-41(11-7-33)39-24(20)29(30,31)32/h3-4,8,12-15,17-18H,5-6,9-11,34H2,1-2H3,(H,35,38)(H,37,44)/t17-/m1/s1. The van der Waals surface area contributed by atoms with Gasteiger partial charge < -0.3 is 26.0 Å². The Morgan fingerprint density at radius 2 is 2.00 bits per heavy atom. The van der Waals surface area contributed by atoms with E-state index in [-0.39, 0.29) is 70.3 Å². The molecular weight excluding hydrogens is 609 g/mol. The first-order valence-corrected chi connectivity index (χ1v) is 14.1. The normalized spacial score (nSPS) is 14.5. The van der Waals surface area contributed by atoms with Crippen LogP contribution in [0.2, 0.25) is 0 Å². The zero-order valence-electron chi connectivity index (χ0n) is 24.7. The molecule has 0 bridgehead atoms. The second-order valence-corrected chi connectivity index (χ2v) is 10.7. The SMILES string of the molecule is Cc1c(C(=O)N[C@H](C)C(=O)N2CCC(N)CC2)ccc(Nc2nccn3c(-c4cn(CC#N)nc4C(F)(F)F)cnc23)c1OC=O. The zero-order chi connectivity index (χ0) is 33.2. The minimum Gasteiger partial charge on any atom is -0.426 e. The molecule has 1 fully saturated rings. The number of carbonyl (C=O) groups is 3. The number of nitrogens with two attached hydrogens (primary N) is 1. The molecule has 17 heteroatoms. The summed E-state index contributed by atoms with van der Waals surface area (Å²) < 4.78 is 48.9. The molecule has 2 amide bonds. The van der Waals surface area contributed by atoms with Gasteiger partial charge in [0.05, 0.1) is 29.2 Å². The molecule has 14 nitrogen and oxygen atoms in total. The molecule has 1 aliphatic heterocycles. The number of rotatable bonds is 9. The third-order valence-corrected chi connectivity index (χ3v) is 7.61. The van der Waals surface area contributed by atoms with Crippen LogP contribution in [0, 0.1) is 18.3 Å². The van der Waals surface area contributed by atoms with Crippen LogP contribution >= 0.6 is 0 Å². The Labute approximate surface area is 260 Å². The summed E-state index contributed by atoms with van der Waals surface area (Å²) >= 11 is 0. The summed E-state index contributed by atoms with van der Waals surface area (Å²) in [5, 5.41) is 18.2. The number of hydrogen-bond acceptors (Lipinski definition) is 10. The predicted molar refractivity (Wildman–Crippen MR) is 157 cm³/mol. The quantitative estimate of drug-likeness (QED) is 0.230. The van der Waals surface area contributed by atoms with Gasteiger partial charge in [-0.2, -0.15) is 23.5 Å². The summed E-state index contributed by atoms with van der Waals surface area (Å²) in [6.45, 7) is 3.94. The molecule has 3 aromatic heterocycles. The maximum Gasteiger partial charge on any atom is 0.435 e. The molecule has 46 heavy (non-hydrogen) atoms. The third-order valence-electron chi connectivity index (χ3n) is 7.61. The van der Waals surface area contributed by atoms with Gasteiger partial charge in [0.1, 0.15) is 12.6 Å². The molecule has 1 aliphatic rings. The van der Waals surface area contributed by atoms with Gasteiger partial charge in [-0.25, -0.2) is 9.97 Å². The van der Waals surface area contributed by atoms with Crippen molar-refractivity contribution in [1.29, 1.82) is 5.26 Å². The van der Waals surface area contributed by atoms with Crippen LogP contribution in [0.3, 0.4) is 0 Å². The van der Waals surface area contributed by atoms with Gasteiger partial charge in [0, 0.05) is 48.8 Å². The Morgan fingerprint density at radius 1 is 1.26 bits per heavy atom. The van der Waals surface area contributed by atoms with Crippen LogP contribution in [-0.2, 0) is 22.3 Å². The summed E-state index contributed by atoms with van der Waals surface area (Å²) in [6, 6.07) is 3.91. The number of carbonyl (C=O) groups excluding carboxylic acids is 3. The molecule has 4 N–H and O–H groups in total. The number of benzene rings is 1. The minimum atomic E-state index is -4.80. The van der Waals surface area contributed by atoms with Crippen molar-refractivity contribution in [3.63, 3.8) is 0 Å². The number of alkyl halides is 3. The lowest BCUT2D eigenvalue weighted by atomic mass is 10.0. The van der Waals surface area contributed by atoms with Crippen molar-refractivity contribution in [3.05, 3.63) is 53.7 Å². The number of aromatic nitrogens is 5. The van der Waals surface area contributed by atoms with E-state index >= 15 is 0 Å². The Hall–Kier alpha value is -5.50. The first kappa shape index (κ1) is 31.9. The number of imidazole rings is 1. The molecule has 4 heterocycles. The van der Waals surface area contributed by atoms with E-state index in [0.29, 0.717) is 25.9 Å². The largest absolute Gasteiger partial charge is 0.435 e. The minimum absolute atomic E-state index is 0.0145. The number of likely N-dealkylation sites (tertiary alicyclic amines) is 1. The lowest BCUT2D eigenvalue weighted by Crippen LogP contribution is -2.51.